The molecule has 0 aliphatic carbocycles. The van der Waals surface area contributed by atoms with Crippen molar-refractivity contribution in [3.63, 3.8) is 0 Å². The number of aromatic nitrogens is 1. The third kappa shape index (κ3) is 3.80. The second-order valence-electron chi connectivity index (χ2n) is 4.04. The molecule has 1 aromatic rings. The SMILES string of the molecule is O=[S@@](Cc1cnc(Cl)s1)C[C@@H]1CCCNC1. The maximum Gasteiger partial charge on any atom is 0.183 e. The highest BCUT2D eigenvalue weighted by Gasteiger charge is 2.16. The molecule has 1 aromatic heterocycles. The zero-order chi connectivity index (χ0) is 11.4. The van der Waals surface area contributed by atoms with Gasteiger partial charge in [-0.05, 0) is 31.8 Å². The van der Waals surface area contributed by atoms with Crippen LogP contribution in [-0.4, -0.2) is 28.0 Å². The molecule has 0 amide bonds. The molecule has 2 heterocycles. The van der Waals surface area contributed by atoms with Gasteiger partial charge in [0.2, 0.25) is 0 Å². The van der Waals surface area contributed by atoms with Gasteiger partial charge in [-0.1, -0.05) is 11.6 Å². The Kier molecular flexibility index (Phi) is 4.76. The van der Waals surface area contributed by atoms with Crippen molar-refractivity contribution in [1.82, 2.24) is 10.3 Å². The van der Waals surface area contributed by atoms with E-state index in [4.69, 9.17) is 11.6 Å². The van der Waals surface area contributed by atoms with Crippen LogP contribution in [0.1, 0.15) is 17.7 Å². The Bertz CT molecular complexity index is 363. The van der Waals surface area contributed by atoms with Crippen LogP contribution in [0.3, 0.4) is 0 Å². The lowest BCUT2D eigenvalue weighted by molar-refractivity contribution is 0.408. The first-order chi connectivity index (χ1) is 7.74. The molecule has 16 heavy (non-hydrogen) atoms. The van der Waals surface area contributed by atoms with Gasteiger partial charge in [0.25, 0.3) is 0 Å². The summed E-state index contributed by atoms with van der Waals surface area (Å²) in [6.07, 6.45) is 4.13. The number of nitrogens with zero attached hydrogens (tertiary/aromatic N) is 1. The summed E-state index contributed by atoms with van der Waals surface area (Å²) in [4.78, 5) is 4.97. The first kappa shape index (κ1) is 12.5. The van der Waals surface area contributed by atoms with Crippen molar-refractivity contribution >= 4 is 33.7 Å². The van der Waals surface area contributed by atoms with Crippen LogP contribution in [0.2, 0.25) is 4.47 Å². The smallest absolute Gasteiger partial charge is 0.183 e. The molecular formula is C10H15ClN2OS2. The molecular weight excluding hydrogens is 264 g/mol. The molecule has 0 bridgehead atoms. The van der Waals surface area contributed by atoms with Crippen LogP contribution >= 0.6 is 22.9 Å². The fourth-order valence-corrected chi connectivity index (χ4v) is 4.62. The molecule has 1 N–H and O–H groups in total. The van der Waals surface area contributed by atoms with Crippen molar-refractivity contribution in [2.24, 2.45) is 5.92 Å². The predicted octanol–water partition coefficient (Wildman–Crippen LogP) is 2.04. The topological polar surface area (TPSA) is 42.0 Å². The molecule has 1 saturated heterocycles. The van der Waals surface area contributed by atoms with Crippen molar-refractivity contribution in [3.05, 3.63) is 15.5 Å². The number of thiazole rings is 1. The maximum atomic E-state index is 11.9. The molecule has 3 nitrogen and oxygen atoms in total. The molecule has 0 saturated carbocycles. The summed E-state index contributed by atoms with van der Waals surface area (Å²) in [6, 6.07) is 0. The van der Waals surface area contributed by atoms with E-state index >= 15 is 0 Å². The largest absolute Gasteiger partial charge is 0.316 e. The monoisotopic (exact) mass is 278 g/mol. The van der Waals surface area contributed by atoms with Crippen LogP contribution < -0.4 is 5.32 Å². The number of piperidine rings is 1. The van der Waals surface area contributed by atoms with Gasteiger partial charge in [0.05, 0.1) is 5.75 Å². The van der Waals surface area contributed by atoms with Gasteiger partial charge in [-0.25, -0.2) is 4.98 Å². The van der Waals surface area contributed by atoms with Gasteiger partial charge in [-0.15, -0.1) is 11.3 Å². The van der Waals surface area contributed by atoms with E-state index in [2.05, 4.69) is 10.3 Å². The van der Waals surface area contributed by atoms with Crippen molar-refractivity contribution < 1.29 is 4.21 Å². The van der Waals surface area contributed by atoms with E-state index in [0.717, 1.165) is 23.7 Å². The molecule has 1 fully saturated rings. The fraction of sp³-hybridized carbons (Fsp3) is 0.700. The number of nitrogens with one attached hydrogen (secondary N) is 1. The van der Waals surface area contributed by atoms with Crippen molar-refractivity contribution in [2.75, 3.05) is 18.8 Å². The number of halogens is 1. The van der Waals surface area contributed by atoms with E-state index < -0.39 is 10.8 Å². The summed E-state index contributed by atoms with van der Waals surface area (Å²) in [6.45, 7) is 2.11. The minimum Gasteiger partial charge on any atom is -0.316 e. The van der Waals surface area contributed by atoms with E-state index in [1.54, 1.807) is 6.20 Å². The Hall–Kier alpha value is 0.0300. The average molecular weight is 279 g/mol. The van der Waals surface area contributed by atoms with E-state index in [0.29, 0.717) is 16.1 Å². The highest BCUT2D eigenvalue weighted by Crippen LogP contribution is 2.20. The Balaban J connectivity index is 1.79. The predicted molar refractivity (Wildman–Crippen MR) is 69.4 cm³/mol. The van der Waals surface area contributed by atoms with Crippen molar-refractivity contribution in [2.45, 2.75) is 18.6 Å². The van der Waals surface area contributed by atoms with Gasteiger partial charge >= 0.3 is 0 Å². The van der Waals surface area contributed by atoms with E-state index in [1.165, 1.54) is 24.2 Å². The van der Waals surface area contributed by atoms with Crippen molar-refractivity contribution in [3.8, 4) is 0 Å². The Labute approximate surface area is 107 Å². The Morgan fingerprint density at radius 1 is 1.69 bits per heavy atom. The van der Waals surface area contributed by atoms with Gasteiger partial charge in [0.1, 0.15) is 0 Å². The van der Waals surface area contributed by atoms with Gasteiger partial charge in [-0.3, -0.25) is 4.21 Å². The highest BCUT2D eigenvalue weighted by atomic mass is 35.5. The molecule has 0 spiro atoms. The van der Waals surface area contributed by atoms with Gasteiger partial charge < -0.3 is 5.32 Å². The van der Waals surface area contributed by atoms with Crippen LogP contribution in [0.15, 0.2) is 6.20 Å². The minimum absolute atomic E-state index is 0.534. The summed E-state index contributed by atoms with van der Waals surface area (Å²) < 4.78 is 12.4. The summed E-state index contributed by atoms with van der Waals surface area (Å²) in [5.41, 5.74) is 0. The Morgan fingerprint density at radius 2 is 2.56 bits per heavy atom. The summed E-state index contributed by atoms with van der Waals surface area (Å²) in [5, 5.41) is 3.34. The third-order valence-electron chi connectivity index (χ3n) is 2.65. The first-order valence-electron chi connectivity index (χ1n) is 5.40. The summed E-state index contributed by atoms with van der Waals surface area (Å²) in [5.74, 6) is 1.96. The van der Waals surface area contributed by atoms with Gasteiger partial charge in [0.15, 0.2) is 4.47 Å². The number of hydrogen-bond acceptors (Lipinski definition) is 4. The van der Waals surface area contributed by atoms with Crippen LogP contribution in [0.4, 0.5) is 0 Å². The van der Waals surface area contributed by atoms with Gasteiger partial charge in [-0.2, -0.15) is 0 Å². The molecule has 2 rings (SSSR count). The van der Waals surface area contributed by atoms with E-state index in [1.807, 2.05) is 0 Å². The highest BCUT2D eigenvalue weighted by molar-refractivity contribution is 7.84. The number of rotatable bonds is 4. The molecule has 90 valence electrons. The van der Waals surface area contributed by atoms with Crippen molar-refractivity contribution in [1.29, 1.82) is 0 Å². The second kappa shape index (κ2) is 6.10. The molecule has 1 aliphatic heterocycles. The minimum atomic E-state index is -0.783. The average Bonchev–Trinajstić information content (AvgIpc) is 2.65. The van der Waals surface area contributed by atoms with E-state index in [9.17, 15) is 4.21 Å². The zero-order valence-electron chi connectivity index (χ0n) is 8.95. The lowest BCUT2D eigenvalue weighted by Gasteiger charge is -2.21. The van der Waals surface area contributed by atoms with Crippen LogP contribution in [0.5, 0.6) is 0 Å². The molecule has 2 atom stereocenters. The van der Waals surface area contributed by atoms with E-state index in [-0.39, 0.29) is 0 Å². The van der Waals surface area contributed by atoms with Crippen LogP contribution in [0.25, 0.3) is 0 Å². The lowest BCUT2D eigenvalue weighted by atomic mass is 10.0. The lowest BCUT2D eigenvalue weighted by Crippen LogP contribution is -2.32. The van der Waals surface area contributed by atoms with Gasteiger partial charge in [0, 0.05) is 27.6 Å². The quantitative estimate of drug-likeness (QED) is 0.917. The molecule has 0 unspecified atom stereocenters. The zero-order valence-corrected chi connectivity index (χ0v) is 11.3. The second-order valence-corrected chi connectivity index (χ2v) is 7.24. The standard InChI is InChI=1S/C10H15ClN2OS2/c11-10-13-5-9(15-10)7-16(14)6-8-2-1-3-12-4-8/h5,8,12H,1-4,6-7H2/t8-,16-/m1/s1. The van der Waals surface area contributed by atoms with Crippen LogP contribution in [-0.2, 0) is 16.6 Å². The van der Waals surface area contributed by atoms with Crippen LogP contribution in [0, 0.1) is 5.92 Å². The first-order valence-corrected chi connectivity index (χ1v) is 8.08. The fourth-order valence-electron chi connectivity index (χ4n) is 1.90. The number of hydrogen-bond donors (Lipinski definition) is 1. The Morgan fingerprint density at radius 3 is 3.19 bits per heavy atom. The molecule has 0 radical (unpaired) electrons. The summed E-state index contributed by atoms with van der Waals surface area (Å²) in [7, 11) is -0.783. The third-order valence-corrected chi connectivity index (χ3v) is 5.42. The summed E-state index contributed by atoms with van der Waals surface area (Å²) >= 11 is 7.16. The normalized spacial score (nSPS) is 23.2. The maximum absolute atomic E-state index is 11.9. The molecule has 1 aliphatic rings. The molecule has 6 heteroatoms. The molecule has 0 aromatic carbocycles.